The van der Waals surface area contributed by atoms with Crippen LogP contribution in [0.3, 0.4) is 0 Å². The molecule has 202 valence electrons. The highest BCUT2D eigenvalue weighted by molar-refractivity contribution is 5.87. The van der Waals surface area contributed by atoms with Gasteiger partial charge in [-0.15, -0.1) is 0 Å². The maximum Gasteiger partial charge on any atom is 0.335 e. The first-order valence-electron chi connectivity index (χ1n) is 12.9. The predicted octanol–water partition coefficient (Wildman–Crippen LogP) is 4.80. The molecule has 0 fully saturated rings. The highest BCUT2D eigenvalue weighted by Gasteiger charge is 2.28. The van der Waals surface area contributed by atoms with Crippen LogP contribution in [0.2, 0.25) is 0 Å². The summed E-state index contributed by atoms with van der Waals surface area (Å²) in [6, 6.07) is 18.6. The number of aromatic amines is 1. The number of rotatable bonds is 10. The third-order valence-electron chi connectivity index (χ3n) is 7.08. The zero-order chi connectivity index (χ0) is 28.1. The Morgan fingerprint density at radius 3 is 2.28 bits per heavy atom. The summed E-state index contributed by atoms with van der Waals surface area (Å²) in [5, 5.41) is 19.1. The molecular formula is C31H34N4O4. The summed E-state index contributed by atoms with van der Waals surface area (Å²) in [5.74, 6) is -0.364. The van der Waals surface area contributed by atoms with Gasteiger partial charge in [-0.1, -0.05) is 42.5 Å². The molecule has 1 amide bonds. The van der Waals surface area contributed by atoms with E-state index in [0.29, 0.717) is 25.2 Å². The number of carboxylic acids is 1. The highest BCUT2D eigenvalue weighted by atomic mass is 16.4. The molecule has 1 heterocycles. The van der Waals surface area contributed by atoms with Crippen LogP contribution in [0.25, 0.3) is 11.3 Å². The number of aromatic nitrogens is 2. The fourth-order valence-corrected chi connectivity index (χ4v) is 4.83. The molecule has 0 aliphatic carbocycles. The fourth-order valence-electron chi connectivity index (χ4n) is 4.83. The summed E-state index contributed by atoms with van der Waals surface area (Å²) in [7, 11) is 0. The minimum absolute atomic E-state index is 0.185. The number of aromatic hydroxyl groups is 1. The number of nitrogens with zero attached hydrogens (tertiary/aromatic N) is 2. The zero-order valence-corrected chi connectivity index (χ0v) is 22.4. The number of nitrogens with two attached hydrogens (primary N) is 1. The first-order chi connectivity index (χ1) is 18.6. The number of hydrogen-bond acceptors (Lipinski definition) is 5. The summed E-state index contributed by atoms with van der Waals surface area (Å²) in [6.45, 7) is 6.08. The van der Waals surface area contributed by atoms with Crippen LogP contribution in [0, 0.1) is 13.8 Å². The first kappa shape index (κ1) is 27.6. The molecule has 1 aromatic heterocycles. The van der Waals surface area contributed by atoms with Gasteiger partial charge < -0.3 is 25.8 Å². The van der Waals surface area contributed by atoms with E-state index in [0.717, 1.165) is 33.5 Å². The van der Waals surface area contributed by atoms with Crippen molar-refractivity contribution in [3.05, 3.63) is 107 Å². The molecule has 2 unspecified atom stereocenters. The van der Waals surface area contributed by atoms with Gasteiger partial charge in [-0.25, -0.2) is 9.78 Å². The summed E-state index contributed by atoms with van der Waals surface area (Å²) in [4.78, 5) is 34.8. The molecule has 0 spiro atoms. The maximum absolute atomic E-state index is 13.8. The SMILES string of the molecule is Cc1cc(O)cc(C)c1CC(N)C(=O)N(CCc1ccc(C(=O)O)cc1)C(C)c1nc(-c2ccccc2)c[nH]1. The van der Waals surface area contributed by atoms with Crippen molar-refractivity contribution in [2.24, 2.45) is 5.73 Å². The van der Waals surface area contributed by atoms with Crippen molar-refractivity contribution < 1.29 is 19.8 Å². The Morgan fingerprint density at radius 1 is 1.03 bits per heavy atom. The van der Waals surface area contributed by atoms with Gasteiger partial charge in [0.05, 0.1) is 23.3 Å². The number of aryl methyl sites for hydroxylation is 2. The van der Waals surface area contributed by atoms with Crippen LogP contribution in [-0.2, 0) is 17.6 Å². The van der Waals surface area contributed by atoms with Crippen LogP contribution in [0.4, 0.5) is 0 Å². The highest BCUT2D eigenvalue weighted by Crippen LogP contribution is 2.26. The molecule has 0 saturated carbocycles. The largest absolute Gasteiger partial charge is 0.508 e. The molecule has 4 aromatic rings. The minimum atomic E-state index is -0.982. The van der Waals surface area contributed by atoms with Gasteiger partial charge in [-0.3, -0.25) is 4.79 Å². The second-order valence-electron chi connectivity index (χ2n) is 9.87. The van der Waals surface area contributed by atoms with E-state index >= 15 is 0 Å². The molecule has 8 nitrogen and oxygen atoms in total. The van der Waals surface area contributed by atoms with Crippen molar-refractivity contribution >= 4 is 11.9 Å². The molecule has 0 bridgehead atoms. The van der Waals surface area contributed by atoms with Crippen molar-refractivity contribution in [3.8, 4) is 17.0 Å². The molecule has 0 radical (unpaired) electrons. The van der Waals surface area contributed by atoms with Gasteiger partial charge in [0.1, 0.15) is 11.6 Å². The van der Waals surface area contributed by atoms with Gasteiger partial charge in [0, 0.05) is 18.3 Å². The number of hydrogen-bond donors (Lipinski definition) is 4. The molecule has 39 heavy (non-hydrogen) atoms. The van der Waals surface area contributed by atoms with Crippen LogP contribution >= 0.6 is 0 Å². The fraction of sp³-hybridized carbons (Fsp3) is 0.258. The number of amides is 1. The summed E-state index contributed by atoms with van der Waals surface area (Å²) < 4.78 is 0. The Balaban J connectivity index is 1.58. The summed E-state index contributed by atoms with van der Waals surface area (Å²) in [6.07, 6.45) is 2.69. The molecule has 0 aliphatic rings. The third kappa shape index (κ3) is 6.53. The average Bonchev–Trinajstić information content (AvgIpc) is 3.41. The second-order valence-corrected chi connectivity index (χ2v) is 9.87. The van der Waals surface area contributed by atoms with Crippen molar-refractivity contribution in [3.63, 3.8) is 0 Å². The maximum atomic E-state index is 13.8. The number of nitrogens with one attached hydrogen (secondary N) is 1. The van der Waals surface area contributed by atoms with E-state index in [1.807, 2.05) is 57.3 Å². The van der Waals surface area contributed by atoms with Crippen LogP contribution in [0.1, 0.15) is 51.4 Å². The number of carboxylic acid groups (broad SMARTS) is 1. The van der Waals surface area contributed by atoms with Crippen LogP contribution in [0.15, 0.2) is 72.9 Å². The Labute approximate surface area is 228 Å². The number of phenols is 1. The topological polar surface area (TPSA) is 133 Å². The molecule has 4 rings (SSSR count). The smallest absolute Gasteiger partial charge is 0.335 e. The van der Waals surface area contributed by atoms with E-state index in [9.17, 15) is 19.8 Å². The lowest BCUT2D eigenvalue weighted by molar-refractivity contribution is -0.134. The Hall–Kier alpha value is -4.43. The van der Waals surface area contributed by atoms with Crippen molar-refractivity contribution in [2.45, 2.75) is 45.7 Å². The number of benzene rings is 3. The minimum Gasteiger partial charge on any atom is -0.508 e. The van der Waals surface area contributed by atoms with Gasteiger partial charge in [0.2, 0.25) is 5.91 Å². The number of aromatic carboxylic acids is 1. The molecule has 0 saturated heterocycles. The van der Waals surface area contributed by atoms with Crippen molar-refractivity contribution in [1.82, 2.24) is 14.9 Å². The Bertz CT molecular complexity index is 1420. The number of carbonyl (C=O) groups is 2. The lowest BCUT2D eigenvalue weighted by Gasteiger charge is -2.31. The lowest BCUT2D eigenvalue weighted by atomic mass is 9.95. The predicted molar refractivity (Wildman–Crippen MR) is 151 cm³/mol. The molecular weight excluding hydrogens is 492 g/mol. The summed E-state index contributed by atoms with van der Waals surface area (Å²) >= 11 is 0. The van der Waals surface area contributed by atoms with E-state index < -0.39 is 12.0 Å². The van der Waals surface area contributed by atoms with Gasteiger partial charge in [0.15, 0.2) is 0 Å². The monoisotopic (exact) mass is 526 g/mol. The van der Waals surface area contributed by atoms with Gasteiger partial charge >= 0.3 is 5.97 Å². The number of carbonyl (C=O) groups excluding carboxylic acids is 1. The van der Waals surface area contributed by atoms with E-state index in [-0.39, 0.29) is 23.3 Å². The van der Waals surface area contributed by atoms with E-state index in [1.165, 1.54) is 0 Å². The molecule has 8 heteroatoms. The van der Waals surface area contributed by atoms with E-state index in [4.69, 9.17) is 10.7 Å². The second kappa shape index (κ2) is 12.0. The zero-order valence-electron chi connectivity index (χ0n) is 22.4. The first-order valence-corrected chi connectivity index (χ1v) is 12.9. The molecule has 3 aromatic carbocycles. The summed E-state index contributed by atoms with van der Waals surface area (Å²) in [5.41, 5.74) is 12.1. The molecule has 2 atom stereocenters. The Morgan fingerprint density at radius 2 is 1.67 bits per heavy atom. The van der Waals surface area contributed by atoms with E-state index in [1.54, 1.807) is 41.3 Å². The number of phenolic OH excluding ortho intramolecular Hbond substituents is 1. The Kier molecular flexibility index (Phi) is 8.46. The van der Waals surface area contributed by atoms with Crippen LogP contribution in [0.5, 0.6) is 5.75 Å². The van der Waals surface area contributed by atoms with Gasteiger partial charge in [-0.2, -0.15) is 0 Å². The van der Waals surface area contributed by atoms with Crippen LogP contribution < -0.4 is 5.73 Å². The van der Waals surface area contributed by atoms with Crippen molar-refractivity contribution in [1.29, 1.82) is 0 Å². The number of imidazole rings is 1. The quantitative estimate of drug-likeness (QED) is 0.235. The average molecular weight is 527 g/mol. The van der Waals surface area contributed by atoms with Gasteiger partial charge in [-0.05, 0) is 80.1 Å². The number of H-pyrrole nitrogens is 1. The molecule has 5 N–H and O–H groups in total. The lowest BCUT2D eigenvalue weighted by Crippen LogP contribution is -2.47. The van der Waals surface area contributed by atoms with E-state index in [2.05, 4.69) is 4.98 Å². The van der Waals surface area contributed by atoms with Gasteiger partial charge in [0.25, 0.3) is 0 Å². The standard InChI is InChI=1S/C31H34N4O4/c1-19-15-25(36)16-20(2)26(19)17-27(32)30(37)35(14-13-22-9-11-24(12-10-22)31(38)39)21(3)29-33-18-28(34-29)23-7-5-4-6-8-23/h4-12,15-16,18,21,27,36H,13-14,17,32H2,1-3H3,(H,33,34)(H,38,39). The van der Waals surface area contributed by atoms with Crippen molar-refractivity contribution in [2.75, 3.05) is 6.54 Å². The normalized spacial score (nSPS) is 12.6. The van der Waals surface area contributed by atoms with Crippen LogP contribution in [-0.4, -0.2) is 49.5 Å². The molecule has 0 aliphatic heterocycles. The third-order valence-corrected chi connectivity index (χ3v) is 7.08.